The van der Waals surface area contributed by atoms with E-state index in [-0.39, 0.29) is 17.7 Å². The number of nitrogens with one attached hydrogen (secondary N) is 1. The number of carbonyl (C=O) groups excluding carboxylic acids is 2. The Morgan fingerprint density at radius 3 is 2.86 bits per heavy atom. The SMILES string of the molecule is O=Cc1cc2cnc(C(=O)NC3CN4CCC3CC4)cc2o1. The van der Waals surface area contributed by atoms with Crippen LogP contribution in [-0.4, -0.2) is 47.8 Å². The van der Waals surface area contributed by atoms with Crippen molar-refractivity contribution in [1.82, 2.24) is 15.2 Å². The minimum atomic E-state index is -0.176. The van der Waals surface area contributed by atoms with Gasteiger partial charge in [-0.3, -0.25) is 14.6 Å². The highest BCUT2D eigenvalue weighted by atomic mass is 16.3. The molecule has 6 heteroatoms. The Balaban J connectivity index is 1.53. The van der Waals surface area contributed by atoms with Crippen LogP contribution in [0.1, 0.15) is 33.9 Å². The third kappa shape index (κ3) is 2.29. The largest absolute Gasteiger partial charge is 0.453 e. The third-order valence-corrected chi connectivity index (χ3v) is 4.74. The van der Waals surface area contributed by atoms with Crippen LogP contribution < -0.4 is 5.32 Å². The van der Waals surface area contributed by atoms with Crippen molar-refractivity contribution in [3.05, 3.63) is 29.8 Å². The Bertz CT molecular complexity index is 731. The van der Waals surface area contributed by atoms with Gasteiger partial charge in [0, 0.05) is 30.2 Å². The summed E-state index contributed by atoms with van der Waals surface area (Å²) in [4.78, 5) is 29.7. The van der Waals surface area contributed by atoms with Crippen LogP contribution >= 0.6 is 0 Å². The second-order valence-corrected chi connectivity index (χ2v) is 6.09. The average molecular weight is 299 g/mol. The molecule has 5 rings (SSSR count). The molecule has 22 heavy (non-hydrogen) atoms. The number of rotatable bonds is 3. The number of hydrogen-bond donors (Lipinski definition) is 1. The minimum absolute atomic E-state index is 0.176. The molecule has 5 heterocycles. The zero-order valence-electron chi connectivity index (χ0n) is 12.1. The molecule has 2 aromatic rings. The Morgan fingerprint density at radius 2 is 2.18 bits per heavy atom. The summed E-state index contributed by atoms with van der Waals surface area (Å²) in [7, 11) is 0. The number of piperidine rings is 3. The van der Waals surface area contributed by atoms with Crippen molar-refractivity contribution in [2.24, 2.45) is 5.92 Å². The standard InChI is InChI=1S/C16H17N3O3/c20-9-12-5-11-7-17-13(6-15(11)22-12)16(21)18-14-8-19-3-1-10(14)2-4-19/h5-7,9-10,14H,1-4,8H2,(H,18,21). The number of carbonyl (C=O) groups is 2. The highest BCUT2D eigenvalue weighted by Gasteiger charge is 2.35. The van der Waals surface area contributed by atoms with Gasteiger partial charge in [0.05, 0.1) is 0 Å². The van der Waals surface area contributed by atoms with Crippen LogP contribution in [0.2, 0.25) is 0 Å². The van der Waals surface area contributed by atoms with E-state index >= 15 is 0 Å². The summed E-state index contributed by atoms with van der Waals surface area (Å²) in [5.74, 6) is 0.638. The van der Waals surface area contributed by atoms with E-state index in [1.165, 1.54) is 0 Å². The van der Waals surface area contributed by atoms with E-state index in [4.69, 9.17) is 4.42 Å². The molecule has 3 aliphatic rings. The Hall–Kier alpha value is -2.21. The van der Waals surface area contributed by atoms with Gasteiger partial charge in [-0.2, -0.15) is 0 Å². The molecule has 0 spiro atoms. The summed E-state index contributed by atoms with van der Waals surface area (Å²) < 4.78 is 5.35. The number of nitrogens with zero attached hydrogens (tertiary/aromatic N) is 2. The Labute approximate surface area is 127 Å². The maximum absolute atomic E-state index is 12.4. The molecule has 0 aliphatic carbocycles. The van der Waals surface area contributed by atoms with Crippen molar-refractivity contribution >= 4 is 23.2 Å². The van der Waals surface area contributed by atoms with Crippen LogP contribution in [-0.2, 0) is 0 Å². The number of pyridine rings is 1. The molecule has 1 unspecified atom stereocenters. The quantitative estimate of drug-likeness (QED) is 0.869. The first-order chi connectivity index (χ1) is 10.7. The molecule has 2 aromatic heterocycles. The maximum atomic E-state index is 12.4. The lowest BCUT2D eigenvalue weighted by atomic mass is 9.84. The van der Waals surface area contributed by atoms with Gasteiger partial charge in [0.15, 0.2) is 12.0 Å². The van der Waals surface area contributed by atoms with E-state index < -0.39 is 0 Å². The van der Waals surface area contributed by atoms with E-state index in [0.29, 0.717) is 23.5 Å². The highest BCUT2D eigenvalue weighted by molar-refractivity contribution is 5.96. The molecular weight excluding hydrogens is 282 g/mol. The number of aromatic nitrogens is 1. The van der Waals surface area contributed by atoms with Crippen LogP contribution in [0.15, 0.2) is 22.7 Å². The van der Waals surface area contributed by atoms with Crippen LogP contribution in [0.5, 0.6) is 0 Å². The molecule has 3 aliphatic heterocycles. The van der Waals surface area contributed by atoms with Gasteiger partial charge in [-0.15, -0.1) is 0 Å². The number of aldehydes is 1. The Kier molecular flexibility index (Phi) is 3.18. The number of hydrogen-bond acceptors (Lipinski definition) is 5. The lowest BCUT2D eigenvalue weighted by molar-refractivity contribution is 0.0618. The van der Waals surface area contributed by atoms with Gasteiger partial charge in [0.2, 0.25) is 0 Å². The summed E-state index contributed by atoms with van der Waals surface area (Å²) in [6.45, 7) is 3.21. The number of furan rings is 1. The molecule has 0 saturated carbocycles. The van der Waals surface area contributed by atoms with Crippen molar-refractivity contribution in [2.75, 3.05) is 19.6 Å². The fourth-order valence-corrected chi connectivity index (χ4v) is 3.51. The normalized spacial score (nSPS) is 27.0. The molecule has 0 radical (unpaired) electrons. The van der Waals surface area contributed by atoms with Crippen molar-refractivity contribution in [1.29, 1.82) is 0 Å². The molecule has 1 amide bonds. The molecule has 1 atom stereocenters. The molecule has 6 nitrogen and oxygen atoms in total. The summed E-state index contributed by atoms with van der Waals surface area (Å²) in [5, 5.41) is 3.82. The lowest BCUT2D eigenvalue weighted by Crippen LogP contribution is -2.57. The van der Waals surface area contributed by atoms with Gasteiger partial charge in [-0.25, -0.2) is 0 Å². The van der Waals surface area contributed by atoms with E-state index in [0.717, 1.165) is 37.9 Å². The van der Waals surface area contributed by atoms with Crippen LogP contribution in [0.25, 0.3) is 11.0 Å². The summed E-state index contributed by atoms with van der Waals surface area (Å²) >= 11 is 0. The zero-order valence-corrected chi connectivity index (χ0v) is 12.1. The molecule has 114 valence electrons. The molecule has 2 bridgehead atoms. The predicted molar refractivity (Wildman–Crippen MR) is 79.8 cm³/mol. The average Bonchev–Trinajstić information content (AvgIpc) is 2.98. The van der Waals surface area contributed by atoms with Crippen molar-refractivity contribution in [3.63, 3.8) is 0 Å². The van der Waals surface area contributed by atoms with Gasteiger partial charge in [-0.05, 0) is 37.9 Å². The van der Waals surface area contributed by atoms with Crippen molar-refractivity contribution in [3.8, 4) is 0 Å². The van der Waals surface area contributed by atoms with Crippen LogP contribution in [0, 0.1) is 5.92 Å². The smallest absolute Gasteiger partial charge is 0.270 e. The summed E-state index contributed by atoms with van der Waals surface area (Å²) in [6, 6.07) is 3.42. The first-order valence-electron chi connectivity index (χ1n) is 7.61. The number of fused-ring (bicyclic) bond motifs is 4. The van der Waals surface area contributed by atoms with Gasteiger partial charge < -0.3 is 14.6 Å². The van der Waals surface area contributed by atoms with E-state index in [9.17, 15) is 9.59 Å². The van der Waals surface area contributed by atoms with Crippen molar-refractivity contribution < 1.29 is 14.0 Å². The molecule has 3 saturated heterocycles. The fourth-order valence-electron chi connectivity index (χ4n) is 3.51. The topological polar surface area (TPSA) is 75.4 Å². The Morgan fingerprint density at radius 1 is 1.36 bits per heavy atom. The zero-order chi connectivity index (χ0) is 15.1. The second-order valence-electron chi connectivity index (χ2n) is 6.09. The lowest BCUT2D eigenvalue weighted by Gasteiger charge is -2.44. The predicted octanol–water partition coefficient (Wildman–Crippen LogP) is 1.46. The second kappa shape index (κ2) is 5.21. The first kappa shape index (κ1) is 13.5. The maximum Gasteiger partial charge on any atom is 0.270 e. The molecule has 0 aromatic carbocycles. The van der Waals surface area contributed by atoms with Crippen molar-refractivity contribution in [2.45, 2.75) is 18.9 Å². The molecule has 1 N–H and O–H groups in total. The van der Waals surface area contributed by atoms with E-state index in [1.807, 2.05) is 0 Å². The first-order valence-corrected chi connectivity index (χ1v) is 7.61. The highest BCUT2D eigenvalue weighted by Crippen LogP contribution is 2.27. The summed E-state index contributed by atoms with van der Waals surface area (Å²) in [6.07, 6.45) is 4.51. The fraction of sp³-hybridized carbons (Fsp3) is 0.438. The monoisotopic (exact) mass is 299 g/mol. The van der Waals surface area contributed by atoms with Gasteiger partial charge in [-0.1, -0.05) is 0 Å². The number of amides is 1. The molecular formula is C16H17N3O3. The van der Waals surface area contributed by atoms with Crippen LogP contribution in [0.4, 0.5) is 0 Å². The van der Waals surface area contributed by atoms with E-state index in [2.05, 4.69) is 15.2 Å². The summed E-state index contributed by atoms with van der Waals surface area (Å²) in [5.41, 5.74) is 0.840. The van der Waals surface area contributed by atoms with Crippen LogP contribution in [0.3, 0.4) is 0 Å². The third-order valence-electron chi connectivity index (χ3n) is 4.74. The van der Waals surface area contributed by atoms with Gasteiger partial charge in [0.25, 0.3) is 5.91 Å². The molecule has 3 fully saturated rings. The van der Waals surface area contributed by atoms with E-state index in [1.54, 1.807) is 18.3 Å². The van der Waals surface area contributed by atoms with Gasteiger partial charge in [0.1, 0.15) is 11.3 Å². The minimum Gasteiger partial charge on any atom is -0.453 e. The van der Waals surface area contributed by atoms with Gasteiger partial charge >= 0.3 is 0 Å².